The normalized spacial score (nSPS) is 10.3. The van der Waals surface area contributed by atoms with E-state index in [0.29, 0.717) is 15.7 Å². The van der Waals surface area contributed by atoms with Crippen molar-refractivity contribution in [3.8, 4) is 5.75 Å². The molecule has 0 unspecified atom stereocenters. The summed E-state index contributed by atoms with van der Waals surface area (Å²) in [4.78, 5) is 11.9. The minimum atomic E-state index is -0.276. The van der Waals surface area contributed by atoms with Crippen molar-refractivity contribution in [3.63, 3.8) is 0 Å². The molecule has 0 aliphatic carbocycles. The summed E-state index contributed by atoms with van der Waals surface area (Å²) in [5.41, 5.74) is 2.50. The molecule has 110 valence electrons. The van der Waals surface area contributed by atoms with E-state index in [9.17, 15) is 4.79 Å². The topological polar surface area (TPSA) is 38.3 Å². The predicted octanol–water partition coefficient (Wildman–Crippen LogP) is 4.63. The van der Waals surface area contributed by atoms with Crippen LogP contribution in [0.15, 0.2) is 36.4 Å². The van der Waals surface area contributed by atoms with Crippen LogP contribution in [0.1, 0.15) is 11.1 Å². The first kappa shape index (κ1) is 15.7. The van der Waals surface area contributed by atoms with Crippen molar-refractivity contribution in [3.05, 3.63) is 57.6 Å². The fourth-order valence-electron chi connectivity index (χ4n) is 1.94. The van der Waals surface area contributed by atoms with Crippen LogP contribution in [0, 0.1) is 13.8 Å². The predicted molar refractivity (Wildman–Crippen MR) is 86.5 cm³/mol. The Morgan fingerprint density at radius 2 is 1.81 bits per heavy atom. The number of para-hydroxylation sites is 1. The van der Waals surface area contributed by atoms with E-state index in [1.165, 1.54) is 0 Å². The van der Waals surface area contributed by atoms with E-state index >= 15 is 0 Å². The van der Waals surface area contributed by atoms with Crippen LogP contribution in [0.4, 0.5) is 5.69 Å². The lowest BCUT2D eigenvalue weighted by molar-refractivity contribution is -0.118. The summed E-state index contributed by atoms with van der Waals surface area (Å²) in [5, 5.41) is 3.60. The zero-order valence-corrected chi connectivity index (χ0v) is 13.3. The molecule has 0 fully saturated rings. The molecule has 0 bridgehead atoms. The van der Waals surface area contributed by atoms with Crippen LogP contribution in [-0.2, 0) is 4.79 Å². The molecule has 2 aromatic rings. The first-order valence-electron chi connectivity index (χ1n) is 6.41. The van der Waals surface area contributed by atoms with Crippen LogP contribution in [-0.4, -0.2) is 12.5 Å². The summed E-state index contributed by atoms with van der Waals surface area (Å²) in [6.45, 7) is 3.80. The summed E-state index contributed by atoms with van der Waals surface area (Å²) < 4.78 is 5.58. The van der Waals surface area contributed by atoms with E-state index < -0.39 is 0 Å². The Hall–Kier alpha value is -1.71. The molecule has 1 amide bonds. The molecule has 0 aliphatic rings. The van der Waals surface area contributed by atoms with Crippen LogP contribution in [0.25, 0.3) is 0 Å². The Labute approximate surface area is 133 Å². The Morgan fingerprint density at radius 3 is 2.43 bits per heavy atom. The fourth-order valence-corrected chi connectivity index (χ4v) is 2.40. The van der Waals surface area contributed by atoms with Gasteiger partial charge in [-0.1, -0.05) is 41.4 Å². The van der Waals surface area contributed by atoms with Gasteiger partial charge in [0.15, 0.2) is 6.61 Å². The highest BCUT2D eigenvalue weighted by molar-refractivity contribution is 6.36. The van der Waals surface area contributed by atoms with Gasteiger partial charge in [0.1, 0.15) is 5.75 Å². The second-order valence-corrected chi connectivity index (χ2v) is 5.53. The first-order chi connectivity index (χ1) is 9.97. The van der Waals surface area contributed by atoms with Gasteiger partial charge in [0, 0.05) is 5.02 Å². The third-order valence-corrected chi connectivity index (χ3v) is 3.51. The molecule has 0 spiro atoms. The van der Waals surface area contributed by atoms with Gasteiger partial charge < -0.3 is 10.1 Å². The molecule has 0 atom stereocenters. The molecule has 0 radical (unpaired) electrons. The van der Waals surface area contributed by atoms with Gasteiger partial charge >= 0.3 is 0 Å². The molecule has 1 N–H and O–H groups in total. The van der Waals surface area contributed by atoms with Gasteiger partial charge in [-0.25, -0.2) is 0 Å². The van der Waals surface area contributed by atoms with Gasteiger partial charge in [-0.3, -0.25) is 4.79 Å². The second-order valence-electron chi connectivity index (χ2n) is 4.68. The number of aryl methyl sites for hydroxylation is 2. The molecular formula is C16H15Cl2NO2. The maximum Gasteiger partial charge on any atom is 0.262 e. The number of hydrogen-bond acceptors (Lipinski definition) is 2. The largest absolute Gasteiger partial charge is 0.483 e. The lowest BCUT2D eigenvalue weighted by atomic mass is 10.1. The number of nitrogens with one attached hydrogen (secondary N) is 1. The summed E-state index contributed by atoms with van der Waals surface area (Å²) in [5.74, 6) is 0.455. The van der Waals surface area contributed by atoms with Crippen molar-refractivity contribution in [2.75, 3.05) is 11.9 Å². The molecule has 0 saturated heterocycles. The highest BCUT2D eigenvalue weighted by Gasteiger charge is 2.09. The summed E-state index contributed by atoms with van der Waals surface area (Å²) in [6, 6.07) is 10.7. The average molecular weight is 324 g/mol. The number of ether oxygens (including phenoxy) is 1. The van der Waals surface area contributed by atoms with Crippen molar-refractivity contribution in [2.24, 2.45) is 0 Å². The number of benzene rings is 2. The van der Waals surface area contributed by atoms with Gasteiger partial charge in [-0.05, 0) is 43.2 Å². The molecule has 0 aliphatic heterocycles. The number of anilines is 1. The Morgan fingerprint density at radius 1 is 1.14 bits per heavy atom. The minimum absolute atomic E-state index is 0.0787. The van der Waals surface area contributed by atoms with Gasteiger partial charge in [-0.2, -0.15) is 0 Å². The summed E-state index contributed by atoms with van der Waals surface area (Å²) >= 11 is 11.8. The van der Waals surface area contributed by atoms with E-state index in [1.807, 2.05) is 32.0 Å². The standard InChI is InChI=1S/C16H15Cl2NO2/c1-10-4-3-5-11(2)16(10)21-9-15(20)19-14-7-6-12(17)8-13(14)18/h3-8H,9H2,1-2H3,(H,19,20). The zero-order chi connectivity index (χ0) is 15.4. The molecule has 0 saturated carbocycles. The monoisotopic (exact) mass is 323 g/mol. The van der Waals surface area contributed by atoms with Crippen LogP contribution in [0.3, 0.4) is 0 Å². The second kappa shape index (κ2) is 6.83. The van der Waals surface area contributed by atoms with Crippen LogP contribution < -0.4 is 10.1 Å². The van der Waals surface area contributed by atoms with E-state index in [2.05, 4.69) is 5.32 Å². The van der Waals surface area contributed by atoms with Gasteiger partial charge in [-0.15, -0.1) is 0 Å². The third kappa shape index (κ3) is 4.13. The van der Waals surface area contributed by atoms with Crippen molar-refractivity contribution >= 4 is 34.8 Å². The number of carbonyl (C=O) groups excluding carboxylic acids is 1. The lowest BCUT2D eigenvalue weighted by Crippen LogP contribution is -2.20. The number of hydrogen-bond donors (Lipinski definition) is 1. The zero-order valence-electron chi connectivity index (χ0n) is 11.7. The van der Waals surface area contributed by atoms with Crippen molar-refractivity contribution in [2.45, 2.75) is 13.8 Å². The SMILES string of the molecule is Cc1cccc(C)c1OCC(=O)Nc1ccc(Cl)cc1Cl. The quantitative estimate of drug-likeness (QED) is 0.890. The Kier molecular flexibility index (Phi) is 5.10. The maximum absolute atomic E-state index is 11.9. The number of halogens is 2. The van der Waals surface area contributed by atoms with Crippen molar-refractivity contribution in [1.29, 1.82) is 0 Å². The van der Waals surface area contributed by atoms with E-state index in [4.69, 9.17) is 27.9 Å². The molecule has 2 aromatic carbocycles. The molecular weight excluding hydrogens is 309 g/mol. The van der Waals surface area contributed by atoms with Crippen LogP contribution in [0.2, 0.25) is 10.0 Å². The minimum Gasteiger partial charge on any atom is -0.483 e. The smallest absolute Gasteiger partial charge is 0.262 e. The third-order valence-electron chi connectivity index (χ3n) is 2.96. The van der Waals surface area contributed by atoms with Crippen LogP contribution >= 0.6 is 23.2 Å². The molecule has 5 heteroatoms. The fraction of sp³-hybridized carbons (Fsp3) is 0.188. The van der Waals surface area contributed by atoms with E-state index in [-0.39, 0.29) is 12.5 Å². The summed E-state index contributed by atoms with van der Waals surface area (Å²) in [7, 11) is 0. The Balaban J connectivity index is 1.99. The number of amides is 1. The van der Waals surface area contributed by atoms with Crippen molar-refractivity contribution in [1.82, 2.24) is 0 Å². The molecule has 0 heterocycles. The molecule has 3 nitrogen and oxygen atoms in total. The maximum atomic E-state index is 11.9. The van der Waals surface area contributed by atoms with Crippen molar-refractivity contribution < 1.29 is 9.53 Å². The van der Waals surface area contributed by atoms with E-state index in [0.717, 1.165) is 16.9 Å². The summed E-state index contributed by atoms with van der Waals surface area (Å²) in [6.07, 6.45) is 0. The highest BCUT2D eigenvalue weighted by Crippen LogP contribution is 2.26. The lowest BCUT2D eigenvalue weighted by Gasteiger charge is -2.12. The van der Waals surface area contributed by atoms with Gasteiger partial charge in [0.25, 0.3) is 5.91 Å². The Bertz CT molecular complexity index is 651. The average Bonchev–Trinajstić information content (AvgIpc) is 2.41. The molecule has 0 aromatic heterocycles. The number of carbonyl (C=O) groups is 1. The van der Waals surface area contributed by atoms with Gasteiger partial charge in [0.2, 0.25) is 0 Å². The number of rotatable bonds is 4. The van der Waals surface area contributed by atoms with Crippen LogP contribution in [0.5, 0.6) is 5.75 Å². The highest BCUT2D eigenvalue weighted by atomic mass is 35.5. The van der Waals surface area contributed by atoms with E-state index in [1.54, 1.807) is 18.2 Å². The molecule has 2 rings (SSSR count). The molecule has 21 heavy (non-hydrogen) atoms. The van der Waals surface area contributed by atoms with Gasteiger partial charge in [0.05, 0.1) is 10.7 Å². The first-order valence-corrected chi connectivity index (χ1v) is 7.17.